The van der Waals surface area contributed by atoms with E-state index >= 15 is 0 Å². The molecular weight excluding hydrogens is 184 g/mol. The number of aryl methyl sites for hydroxylation is 2. The van der Waals surface area contributed by atoms with E-state index in [0.717, 1.165) is 13.0 Å². The highest BCUT2D eigenvalue weighted by Crippen LogP contribution is 2.18. The number of nitrogens with zero attached hydrogens (tertiary/aromatic N) is 2. The maximum atomic E-state index is 8.58. The Hall–Kier alpha value is -1.23. The highest BCUT2D eigenvalue weighted by Gasteiger charge is 2.09. The van der Waals surface area contributed by atoms with Gasteiger partial charge in [-0.15, -0.1) is 0 Å². The van der Waals surface area contributed by atoms with Crippen LogP contribution in [-0.2, 0) is 13.0 Å². The SMILES string of the molecule is Cc1cc(CCC#N)c(C)n1CC(C)C. The predicted octanol–water partition coefficient (Wildman–Crippen LogP) is 3.22. The minimum Gasteiger partial charge on any atom is -0.349 e. The van der Waals surface area contributed by atoms with Crippen molar-refractivity contribution in [2.75, 3.05) is 0 Å². The summed E-state index contributed by atoms with van der Waals surface area (Å²) in [5, 5.41) is 8.58. The van der Waals surface area contributed by atoms with E-state index in [1.165, 1.54) is 17.0 Å². The lowest BCUT2D eigenvalue weighted by Gasteiger charge is -2.12. The van der Waals surface area contributed by atoms with E-state index in [9.17, 15) is 0 Å². The minimum atomic E-state index is 0.617. The smallest absolute Gasteiger partial charge is 0.0625 e. The van der Waals surface area contributed by atoms with Gasteiger partial charge in [0.2, 0.25) is 0 Å². The molecule has 0 amide bonds. The Labute approximate surface area is 92.5 Å². The second-order valence-corrected chi connectivity index (χ2v) is 4.56. The van der Waals surface area contributed by atoms with Gasteiger partial charge in [-0.05, 0) is 37.8 Å². The van der Waals surface area contributed by atoms with Crippen LogP contribution in [0.25, 0.3) is 0 Å². The maximum Gasteiger partial charge on any atom is 0.0625 e. The Morgan fingerprint density at radius 1 is 1.40 bits per heavy atom. The van der Waals surface area contributed by atoms with Crippen LogP contribution >= 0.6 is 0 Å². The Morgan fingerprint density at radius 2 is 2.07 bits per heavy atom. The second-order valence-electron chi connectivity index (χ2n) is 4.56. The molecule has 0 saturated heterocycles. The zero-order valence-electron chi connectivity index (χ0n) is 10.2. The average Bonchev–Trinajstić information content (AvgIpc) is 2.42. The lowest BCUT2D eigenvalue weighted by Crippen LogP contribution is -2.07. The Balaban J connectivity index is 2.89. The fourth-order valence-corrected chi connectivity index (χ4v) is 1.96. The molecule has 82 valence electrons. The molecule has 1 aromatic rings. The summed E-state index contributed by atoms with van der Waals surface area (Å²) >= 11 is 0. The number of aromatic nitrogens is 1. The predicted molar refractivity (Wildman–Crippen MR) is 62.7 cm³/mol. The van der Waals surface area contributed by atoms with Gasteiger partial charge in [0, 0.05) is 24.4 Å². The van der Waals surface area contributed by atoms with Gasteiger partial charge in [0.15, 0.2) is 0 Å². The molecule has 0 aliphatic heterocycles. The van der Waals surface area contributed by atoms with Crippen molar-refractivity contribution >= 4 is 0 Å². The molecule has 0 aliphatic rings. The molecular formula is C13H20N2. The molecule has 0 unspecified atom stereocenters. The standard InChI is InChI=1S/C13H20N2/c1-10(2)9-15-11(3)8-13(12(15)4)6-5-7-14/h8,10H,5-6,9H2,1-4H3. The second kappa shape index (κ2) is 5.02. The lowest BCUT2D eigenvalue weighted by molar-refractivity contribution is 0.508. The topological polar surface area (TPSA) is 28.7 Å². The number of hydrogen-bond donors (Lipinski definition) is 0. The summed E-state index contributed by atoms with van der Waals surface area (Å²) in [4.78, 5) is 0. The number of nitriles is 1. The molecule has 1 aromatic heterocycles. The van der Waals surface area contributed by atoms with Crippen molar-refractivity contribution in [1.82, 2.24) is 4.57 Å². The normalized spacial score (nSPS) is 10.7. The third kappa shape index (κ3) is 2.86. The molecule has 0 radical (unpaired) electrons. The van der Waals surface area contributed by atoms with E-state index in [2.05, 4.69) is 44.4 Å². The van der Waals surface area contributed by atoms with E-state index in [1.54, 1.807) is 0 Å². The zero-order chi connectivity index (χ0) is 11.4. The summed E-state index contributed by atoms with van der Waals surface area (Å²) in [6, 6.07) is 4.42. The molecule has 0 atom stereocenters. The van der Waals surface area contributed by atoms with Gasteiger partial charge in [-0.25, -0.2) is 0 Å². The first kappa shape index (κ1) is 11.8. The summed E-state index contributed by atoms with van der Waals surface area (Å²) in [6.45, 7) is 9.83. The van der Waals surface area contributed by atoms with Crippen LogP contribution in [0.3, 0.4) is 0 Å². The van der Waals surface area contributed by atoms with Crippen LogP contribution in [0.15, 0.2) is 6.07 Å². The first-order chi connectivity index (χ1) is 7.06. The van der Waals surface area contributed by atoms with Crippen LogP contribution in [0.4, 0.5) is 0 Å². The Kier molecular flexibility index (Phi) is 3.96. The number of hydrogen-bond acceptors (Lipinski definition) is 1. The van der Waals surface area contributed by atoms with Crippen molar-refractivity contribution in [2.24, 2.45) is 5.92 Å². The van der Waals surface area contributed by atoms with Crippen molar-refractivity contribution in [1.29, 1.82) is 5.26 Å². The van der Waals surface area contributed by atoms with Gasteiger partial charge < -0.3 is 4.57 Å². The quantitative estimate of drug-likeness (QED) is 0.740. The van der Waals surface area contributed by atoms with Gasteiger partial charge in [-0.1, -0.05) is 13.8 Å². The molecule has 1 rings (SSSR count). The van der Waals surface area contributed by atoms with Crippen LogP contribution < -0.4 is 0 Å². The first-order valence-electron chi connectivity index (χ1n) is 5.58. The van der Waals surface area contributed by atoms with Gasteiger partial charge in [-0.2, -0.15) is 5.26 Å². The fourth-order valence-electron chi connectivity index (χ4n) is 1.96. The van der Waals surface area contributed by atoms with Gasteiger partial charge >= 0.3 is 0 Å². The van der Waals surface area contributed by atoms with Crippen LogP contribution in [-0.4, -0.2) is 4.57 Å². The molecule has 0 saturated carbocycles. The molecule has 15 heavy (non-hydrogen) atoms. The van der Waals surface area contributed by atoms with Crippen molar-refractivity contribution < 1.29 is 0 Å². The van der Waals surface area contributed by atoms with Crippen LogP contribution in [0, 0.1) is 31.1 Å². The number of rotatable bonds is 4. The van der Waals surface area contributed by atoms with Gasteiger partial charge in [0.1, 0.15) is 0 Å². The van der Waals surface area contributed by atoms with Gasteiger partial charge in [0.25, 0.3) is 0 Å². The van der Waals surface area contributed by atoms with E-state index in [1.807, 2.05) is 0 Å². The molecule has 1 heterocycles. The molecule has 0 spiro atoms. The summed E-state index contributed by atoms with van der Waals surface area (Å²) in [5.41, 5.74) is 3.97. The van der Waals surface area contributed by atoms with Crippen LogP contribution in [0.1, 0.15) is 37.2 Å². The molecule has 2 heteroatoms. The largest absolute Gasteiger partial charge is 0.349 e. The van der Waals surface area contributed by atoms with E-state index in [4.69, 9.17) is 5.26 Å². The molecule has 0 N–H and O–H groups in total. The van der Waals surface area contributed by atoms with Crippen molar-refractivity contribution in [3.63, 3.8) is 0 Å². The van der Waals surface area contributed by atoms with E-state index in [-0.39, 0.29) is 0 Å². The highest BCUT2D eigenvalue weighted by atomic mass is 15.0. The molecule has 0 bridgehead atoms. The average molecular weight is 204 g/mol. The van der Waals surface area contributed by atoms with Gasteiger partial charge in [0.05, 0.1) is 6.07 Å². The van der Waals surface area contributed by atoms with E-state index in [0.29, 0.717) is 12.3 Å². The van der Waals surface area contributed by atoms with Crippen molar-refractivity contribution in [2.45, 2.75) is 47.1 Å². The van der Waals surface area contributed by atoms with Crippen molar-refractivity contribution in [3.05, 3.63) is 23.0 Å². The van der Waals surface area contributed by atoms with Gasteiger partial charge in [-0.3, -0.25) is 0 Å². The Bertz CT molecular complexity index is 367. The maximum absolute atomic E-state index is 8.58. The Morgan fingerprint density at radius 3 is 2.60 bits per heavy atom. The monoisotopic (exact) mass is 204 g/mol. The summed E-state index contributed by atoms with van der Waals surface area (Å²) < 4.78 is 2.36. The third-order valence-electron chi connectivity index (χ3n) is 2.73. The zero-order valence-corrected chi connectivity index (χ0v) is 10.2. The molecule has 0 aliphatic carbocycles. The summed E-state index contributed by atoms with van der Waals surface area (Å²) in [7, 11) is 0. The van der Waals surface area contributed by atoms with Crippen LogP contribution in [0.2, 0.25) is 0 Å². The van der Waals surface area contributed by atoms with Crippen molar-refractivity contribution in [3.8, 4) is 6.07 Å². The van der Waals surface area contributed by atoms with E-state index < -0.39 is 0 Å². The molecule has 2 nitrogen and oxygen atoms in total. The highest BCUT2D eigenvalue weighted by molar-refractivity contribution is 5.27. The summed E-state index contributed by atoms with van der Waals surface area (Å²) in [5.74, 6) is 0.665. The summed E-state index contributed by atoms with van der Waals surface area (Å²) in [6.07, 6.45) is 1.50. The first-order valence-corrected chi connectivity index (χ1v) is 5.58. The lowest BCUT2D eigenvalue weighted by atomic mass is 10.1. The molecule has 0 fully saturated rings. The molecule has 0 aromatic carbocycles. The minimum absolute atomic E-state index is 0.617. The fraction of sp³-hybridized carbons (Fsp3) is 0.615. The third-order valence-corrected chi connectivity index (χ3v) is 2.73. The van der Waals surface area contributed by atoms with Crippen LogP contribution in [0.5, 0.6) is 0 Å².